The fraction of sp³-hybridized carbons (Fsp3) is 0.714. The summed E-state index contributed by atoms with van der Waals surface area (Å²) < 4.78 is 0. The number of terminal acetylenes is 1. The highest BCUT2D eigenvalue weighted by atomic mass is 32.2. The lowest BCUT2D eigenvalue weighted by atomic mass is 10.4. The molecule has 8 heavy (non-hydrogen) atoms. The molecule has 0 amide bonds. The third kappa shape index (κ3) is 5.91. The van der Waals surface area contributed by atoms with E-state index in [4.69, 9.17) is 6.42 Å². The van der Waals surface area contributed by atoms with Crippen molar-refractivity contribution in [2.45, 2.75) is 19.8 Å². The van der Waals surface area contributed by atoms with Crippen molar-refractivity contribution in [1.82, 2.24) is 0 Å². The van der Waals surface area contributed by atoms with Crippen molar-refractivity contribution in [1.29, 1.82) is 0 Å². The molecule has 0 N–H and O–H groups in total. The third-order valence-electron chi connectivity index (χ3n) is 0.828. The van der Waals surface area contributed by atoms with Gasteiger partial charge in [0.25, 0.3) is 0 Å². The summed E-state index contributed by atoms with van der Waals surface area (Å²) in [5.41, 5.74) is 0. The quantitative estimate of drug-likeness (QED) is 0.413. The molecule has 0 radical (unpaired) electrons. The van der Waals surface area contributed by atoms with Crippen LogP contribution in [-0.4, -0.2) is 11.5 Å². The van der Waals surface area contributed by atoms with E-state index >= 15 is 0 Å². The molecule has 0 aromatic rings. The van der Waals surface area contributed by atoms with E-state index in [2.05, 4.69) is 12.8 Å². The first kappa shape index (κ1) is 7.91. The molecule has 0 fully saturated rings. The summed E-state index contributed by atoms with van der Waals surface area (Å²) in [5.74, 6) is 4.69. The number of unbranched alkanes of at least 4 members (excludes halogenated alkanes) is 1. The van der Waals surface area contributed by atoms with Crippen molar-refractivity contribution in [3.63, 3.8) is 0 Å². The molecule has 0 bridgehead atoms. The molecule has 46 valence electrons. The molecular formula is C7H12S. The summed E-state index contributed by atoms with van der Waals surface area (Å²) in [6.07, 6.45) is 7.61. The third-order valence-corrected chi connectivity index (χ3v) is 1.78. The molecule has 0 aromatic carbocycles. The van der Waals surface area contributed by atoms with E-state index in [1.165, 1.54) is 18.6 Å². The van der Waals surface area contributed by atoms with Crippen LogP contribution in [0.2, 0.25) is 0 Å². The van der Waals surface area contributed by atoms with Gasteiger partial charge in [-0.05, 0) is 12.2 Å². The largest absolute Gasteiger partial charge is 0.149 e. The molecule has 0 saturated heterocycles. The van der Waals surface area contributed by atoms with Crippen LogP contribution in [0.4, 0.5) is 0 Å². The summed E-state index contributed by atoms with van der Waals surface area (Å²) in [6, 6.07) is 0. The maximum Gasteiger partial charge on any atom is 0.0544 e. The second-order valence-electron chi connectivity index (χ2n) is 1.61. The molecule has 0 aliphatic rings. The van der Waals surface area contributed by atoms with Gasteiger partial charge in [0.2, 0.25) is 0 Å². The summed E-state index contributed by atoms with van der Waals surface area (Å²) in [7, 11) is 0. The Labute approximate surface area is 56.1 Å². The maximum absolute atomic E-state index is 5.04. The summed E-state index contributed by atoms with van der Waals surface area (Å²) in [5, 5.41) is 0. The normalized spacial score (nSPS) is 8.50. The Morgan fingerprint density at radius 1 is 1.62 bits per heavy atom. The first-order valence-electron chi connectivity index (χ1n) is 2.93. The van der Waals surface area contributed by atoms with Gasteiger partial charge in [0, 0.05) is 0 Å². The first-order chi connectivity index (χ1) is 3.91. The fourth-order valence-corrected chi connectivity index (χ4v) is 1.13. The predicted octanol–water partition coefficient (Wildman–Crippen LogP) is 2.15. The Balaban J connectivity index is 2.65. The predicted molar refractivity (Wildman–Crippen MR) is 41.1 cm³/mol. The van der Waals surface area contributed by atoms with Gasteiger partial charge >= 0.3 is 0 Å². The second kappa shape index (κ2) is 6.91. The van der Waals surface area contributed by atoms with Gasteiger partial charge in [-0.15, -0.1) is 18.2 Å². The van der Waals surface area contributed by atoms with Gasteiger partial charge in [-0.3, -0.25) is 0 Å². The van der Waals surface area contributed by atoms with E-state index in [1.807, 2.05) is 11.8 Å². The summed E-state index contributed by atoms with van der Waals surface area (Å²) >= 11 is 1.84. The zero-order valence-corrected chi connectivity index (χ0v) is 6.13. The monoisotopic (exact) mass is 128 g/mol. The van der Waals surface area contributed by atoms with Crippen molar-refractivity contribution < 1.29 is 0 Å². The molecule has 0 aliphatic carbocycles. The Bertz CT molecular complexity index is 70.9. The van der Waals surface area contributed by atoms with Gasteiger partial charge in [0.05, 0.1) is 5.75 Å². The molecule has 0 nitrogen and oxygen atoms in total. The number of thioether (sulfide) groups is 1. The zero-order chi connectivity index (χ0) is 6.24. The minimum Gasteiger partial charge on any atom is -0.149 e. The molecule has 0 aliphatic heterocycles. The zero-order valence-electron chi connectivity index (χ0n) is 5.31. The molecule has 0 unspecified atom stereocenters. The van der Waals surface area contributed by atoms with Crippen LogP contribution in [0.1, 0.15) is 19.8 Å². The van der Waals surface area contributed by atoms with Crippen molar-refractivity contribution in [2.75, 3.05) is 11.5 Å². The van der Waals surface area contributed by atoms with E-state index in [1.54, 1.807) is 0 Å². The maximum atomic E-state index is 5.04. The molecule has 1 heteroatoms. The van der Waals surface area contributed by atoms with E-state index in [-0.39, 0.29) is 0 Å². The van der Waals surface area contributed by atoms with Crippen molar-refractivity contribution in [2.24, 2.45) is 0 Å². The van der Waals surface area contributed by atoms with Gasteiger partial charge in [0.15, 0.2) is 0 Å². The Hall–Kier alpha value is -0.0900. The number of hydrogen-bond donors (Lipinski definition) is 0. The van der Waals surface area contributed by atoms with Gasteiger partial charge in [0.1, 0.15) is 0 Å². The molecular weight excluding hydrogens is 116 g/mol. The number of rotatable bonds is 4. The molecule has 0 spiro atoms. The Kier molecular flexibility index (Phi) is 6.83. The van der Waals surface area contributed by atoms with E-state index in [9.17, 15) is 0 Å². The Morgan fingerprint density at radius 2 is 2.38 bits per heavy atom. The lowest BCUT2D eigenvalue weighted by Gasteiger charge is -1.90. The lowest BCUT2D eigenvalue weighted by Crippen LogP contribution is -1.77. The standard InChI is InChI=1S/C7H12S/c1-3-5-7-8-6-4-2/h2H,3,5-7H2,1H3. The molecule has 0 atom stereocenters. The topological polar surface area (TPSA) is 0 Å². The highest BCUT2D eigenvalue weighted by molar-refractivity contribution is 7.99. The smallest absolute Gasteiger partial charge is 0.0544 e. The van der Waals surface area contributed by atoms with Crippen molar-refractivity contribution in [3.05, 3.63) is 0 Å². The second-order valence-corrected chi connectivity index (χ2v) is 2.72. The minimum atomic E-state index is 0.875. The molecule has 0 rings (SSSR count). The van der Waals surface area contributed by atoms with Crippen LogP contribution in [0, 0.1) is 12.3 Å². The summed E-state index contributed by atoms with van der Waals surface area (Å²) in [6.45, 7) is 2.19. The molecule has 0 heterocycles. The van der Waals surface area contributed by atoms with Gasteiger partial charge in [-0.2, -0.15) is 0 Å². The van der Waals surface area contributed by atoms with Crippen LogP contribution in [0.25, 0.3) is 0 Å². The van der Waals surface area contributed by atoms with Crippen LogP contribution < -0.4 is 0 Å². The summed E-state index contributed by atoms with van der Waals surface area (Å²) in [4.78, 5) is 0. The highest BCUT2D eigenvalue weighted by Gasteiger charge is 1.81. The van der Waals surface area contributed by atoms with Crippen LogP contribution in [0.15, 0.2) is 0 Å². The Morgan fingerprint density at radius 3 is 2.88 bits per heavy atom. The average molecular weight is 128 g/mol. The van der Waals surface area contributed by atoms with Crippen LogP contribution in [0.5, 0.6) is 0 Å². The van der Waals surface area contributed by atoms with Crippen molar-refractivity contribution in [3.8, 4) is 12.3 Å². The van der Waals surface area contributed by atoms with Crippen LogP contribution in [-0.2, 0) is 0 Å². The van der Waals surface area contributed by atoms with Gasteiger partial charge < -0.3 is 0 Å². The van der Waals surface area contributed by atoms with Gasteiger partial charge in [-0.1, -0.05) is 19.3 Å². The minimum absolute atomic E-state index is 0.875. The van der Waals surface area contributed by atoms with Gasteiger partial charge in [-0.25, -0.2) is 0 Å². The fourth-order valence-electron chi connectivity index (χ4n) is 0.377. The number of hydrogen-bond acceptors (Lipinski definition) is 1. The van der Waals surface area contributed by atoms with Crippen LogP contribution >= 0.6 is 11.8 Å². The van der Waals surface area contributed by atoms with E-state index in [0.29, 0.717) is 0 Å². The average Bonchev–Trinajstić information content (AvgIpc) is 1.81. The lowest BCUT2D eigenvalue weighted by molar-refractivity contribution is 0.897. The molecule has 0 aromatic heterocycles. The van der Waals surface area contributed by atoms with Crippen LogP contribution in [0.3, 0.4) is 0 Å². The van der Waals surface area contributed by atoms with Crippen molar-refractivity contribution >= 4 is 11.8 Å². The first-order valence-corrected chi connectivity index (χ1v) is 4.08. The SMILES string of the molecule is C#CCSCCCC. The van der Waals surface area contributed by atoms with E-state index in [0.717, 1.165) is 5.75 Å². The molecule has 0 saturated carbocycles. The highest BCUT2D eigenvalue weighted by Crippen LogP contribution is 2.01. The van der Waals surface area contributed by atoms with E-state index < -0.39 is 0 Å².